The van der Waals surface area contributed by atoms with Crippen molar-refractivity contribution in [1.82, 2.24) is 0 Å². The second-order valence-electron chi connectivity index (χ2n) is 4.87. The van der Waals surface area contributed by atoms with E-state index in [1.165, 1.54) is 0 Å². The van der Waals surface area contributed by atoms with Crippen LogP contribution in [-0.2, 0) is 19.1 Å². The Hall–Kier alpha value is -1.71. The van der Waals surface area contributed by atoms with Crippen LogP contribution in [0.5, 0.6) is 0 Å². The first-order valence-corrected chi connectivity index (χ1v) is 6.45. The number of rotatable bonds is 4. The van der Waals surface area contributed by atoms with Gasteiger partial charge in [-0.3, -0.25) is 14.4 Å². The summed E-state index contributed by atoms with van der Waals surface area (Å²) in [6, 6.07) is 0. The van der Waals surface area contributed by atoms with E-state index in [1.54, 1.807) is 34.6 Å². The summed E-state index contributed by atoms with van der Waals surface area (Å²) >= 11 is 0. The van der Waals surface area contributed by atoms with E-state index < -0.39 is 6.10 Å². The first-order valence-electron chi connectivity index (χ1n) is 6.45. The summed E-state index contributed by atoms with van der Waals surface area (Å²) in [5, 5.41) is 0. The third-order valence-electron chi connectivity index (χ3n) is 3.42. The van der Waals surface area contributed by atoms with Gasteiger partial charge in [0.25, 0.3) is 0 Å². The van der Waals surface area contributed by atoms with Crippen LogP contribution in [0.25, 0.3) is 0 Å². The molecule has 0 saturated carbocycles. The second kappa shape index (κ2) is 5.95. The predicted molar refractivity (Wildman–Crippen MR) is 71.6 cm³/mol. The number of ether oxygens (including phenoxy) is 1. The van der Waals surface area contributed by atoms with Gasteiger partial charge in [0.1, 0.15) is 6.10 Å². The molecule has 1 aliphatic carbocycles. The molecule has 1 atom stereocenters. The van der Waals surface area contributed by atoms with E-state index in [0.717, 1.165) is 0 Å². The lowest BCUT2D eigenvalue weighted by Gasteiger charge is -2.21. The van der Waals surface area contributed by atoms with Gasteiger partial charge in [0.15, 0.2) is 11.6 Å². The summed E-state index contributed by atoms with van der Waals surface area (Å²) < 4.78 is 5.14. The standard InChI is InChI=1S/C15H20O4/c1-6-13(16)19-8(2)7-12-11(5)14(17)9(3)10(4)15(12)18/h8H,6-7H2,1-5H3. The minimum Gasteiger partial charge on any atom is -0.462 e. The van der Waals surface area contributed by atoms with Crippen molar-refractivity contribution in [3.05, 3.63) is 22.3 Å². The third kappa shape index (κ3) is 3.19. The molecule has 1 unspecified atom stereocenters. The minimum atomic E-state index is -0.402. The van der Waals surface area contributed by atoms with Crippen molar-refractivity contribution in [3.8, 4) is 0 Å². The largest absolute Gasteiger partial charge is 0.462 e. The van der Waals surface area contributed by atoms with E-state index >= 15 is 0 Å². The number of hydrogen-bond donors (Lipinski definition) is 0. The van der Waals surface area contributed by atoms with Crippen LogP contribution in [0.2, 0.25) is 0 Å². The number of ketones is 2. The molecule has 4 heteroatoms. The average molecular weight is 264 g/mol. The molecule has 0 fully saturated rings. The lowest BCUT2D eigenvalue weighted by atomic mass is 9.84. The zero-order chi connectivity index (χ0) is 14.7. The van der Waals surface area contributed by atoms with Crippen LogP contribution in [0.3, 0.4) is 0 Å². The van der Waals surface area contributed by atoms with E-state index in [9.17, 15) is 14.4 Å². The summed E-state index contributed by atoms with van der Waals surface area (Å²) in [6.07, 6.45) is 0.181. The van der Waals surface area contributed by atoms with Crippen molar-refractivity contribution >= 4 is 17.5 Å². The van der Waals surface area contributed by atoms with E-state index in [-0.39, 0.29) is 24.0 Å². The molecule has 104 valence electrons. The van der Waals surface area contributed by atoms with Crippen molar-refractivity contribution in [2.24, 2.45) is 0 Å². The van der Waals surface area contributed by atoms with E-state index in [2.05, 4.69) is 0 Å². The molecule has 4 nitrogen and oxygen atoms in total. The molecule has 1 rings (SSSR count). The SMILES string of the molecule is CCC(=O)OC(C)CC1=C(C)C(=O)C(C)=C(C)C1=O. The van der Waals surface area contributed by atoms with Gasteiger partial charge in [-0.1, -0.05) is 6.92 Å². The molecule has 0 amide bonds. The van der Waals surface area contributed by atoms with Crippen molar-refractivity contribution in [2.75, 3.05) is 0 Å². The summed E-state index contributed by atoms with van der Waals surface area (Å²) in [6.45, 7) is 8.41. The smallest absolute Gasteiger partial charge is 0.305 e. The van der Waals surface area contributed by atoms with E-state index in [0.29, 0.717) is 28.7 Å². The first kappa shape index (κ1) is 15.3. The van der Waals surface area contributed by atoms with Crippen LogP contribution >= 0.6 is 0 Å². The molecule has 0 aromatic heterocycles. The molecule has 19 heavy (non-hydrogen) atoms. The third-order valence-corrected chi connectivity index (χ3v) is 3.42. The van der Waals surface area contributed by atoms with Crippen LogP contribution in [0.1, 0.15) is 47.5 Å². The minimum absolute atomic E-state index is 0.0962. The predicted octanol–water partition coefficient (Wildman–Crippen LogP) is 2.52. The number of Topliss-reactive ketones (excluding diaryl/α,β-unsaturated/α-hetero) is 2. The zero-order valence-corrected chi connectivity index (χ0v) is 12.1. The molecule has 0 spiro atoms. The van der Waals surface area contributed by atoms with Crippen LogP contribution < -0.4 is 0 Å². The van der Waals surface area contributed by atoms with Gasteiger partial charge in [-0.15, -0.1) is 0 Å². The molecule has 0 heterocycles. The van der Waals surface area contributed by atoms with Crippen molar-refractivity contribution < 1.29 is 19.1 Å². The van der Waals surface area contributed by atoms with Gasteiger partial charge >= 0.3 is 5.97 Å². The monoisotopic (exact) mass is 264 g/mol. The number of esters is 1. The maximum Gasteiger partial charge on any atom is 0.305 e. The Morgan fingerprint density at radius 2 is 1.58 bits per heavy atom. The van der Waals surface area contributed by atoms with Gasteiger partial charge in [0.2, 0.25) is 0 Å². The van der Waals surface area contributed by atoms with Crippen LogP contribution in [0, 0.1) is 0 Å². The van der Waals surface area contributed by atoms with Crippen molar-refractivity contribution in [3.63, 3.8) is 0 Å². The normalized spacial score (nSPS) is 17.9. The molecular weight excluding hydrogens is 244 g/mol. The summed E-state index contributed by atoms with van der Waals surface area (Å²) in [4.78, 5) is 35.4. The Labute approximate surface area is 113 Å². The highest BCUT2D eigenvalue weighted by Gasteiger charge is 2.29. The Morgan fingerprint density at radius 1 is 1.05 bits per heavy atom. The fourth-order valence-corrected chi connectivity index (χ4v) is 2.04. The quantitative estimate of drug-likeness (QED) is 0.578. The molecule has 0 aromatic carbocycles. The molecule has 0 bridgehead atoms. The second-order valence-corrected chi connectivity index (χ2v) is 4.87. The van der Waals surface area contributed by atoms with Gasteiger partial charge in [0, 0.05) is 35.1 Å². The number of hydrogen-bond acceptors (Lipinski definition) is 4. The first-order chi connectivity index (χ1) is 8.79. The van der Waals surface area contributed by atoms with Crippen molar-refractivity contribution in [2.45, 2.75) is 53.6 Å². The fourth-order valence-electron chi connectivity index (χ4n) is 2.04. The molecule has 0 radical (unpaired) electrons. The number of allylic oxidation sites excluding steroid dienone is 3. The number of carbonyl (C=O) groups excluding carboxylic acids is 3. The van der Waals surface area contributed by atoms with Crippen LogP contribution in [-0.4, -0.2) is 23.6 Å². The summed E-state index contributed by atoms with van der Waals surface area (Å²) in [7, 11) is 0. The molecule has 0 N–H and O–H groups in total. The van der Waals surface area contributed by atoms with Crippen LogP contribution in [0.15, 0.2) is 22.3 Å². The zero-order valence-electron chi connectivity index (χ0n) is 12.1. The highest BCUT2D eigenvalue weighted by molar-refractivity contribution is 6.24. The van der Waals surface area contributed by atoms with Crippen LogP contribution in [0.4, 0.5) is 0 Å². The van der Waals surface area contributed by atoms with E-state index in [1.807, 2.05) is 0 Å². The van der Waals surface area contributed by atoms with Gasteiger partial charge in [0.05, 0.1) is 0 Å². The topological polar surface area (TPSA) is 60.4 Å². The molecular formula is C15H20O4. The Bertz CT molecular complexity index is 494. The molecule has 0 aliphatic heterocycles. The Morgan fingerprint density at radius 3 is 2.11 bits per heavy atom. The van der Waals surface area contributed by atoms with Gasteiger partial charge < -0.3 is 4.74 Å². The lowest BCUT2D eigenvalue weighted by Crippen LogP contribution is -2.24. The van der Waals surface area contributed by atoms with Gasteiger partial charge in [-0.2, -0.15) is 0 Å². The molecule has 0 saturated heterocycles. The van der Waals surface area contributed by atoms with Gasteiger partial charge in [-0.25, -0.2) is 0 Å². The number of carbonyl (C=O) groups is 3. The van der Waals surface area contributed by atoms with Crippen molar-refractivity contribution in [1.29, 1.82) is 0 Å². The van der Waals surface area contributed by atoms with E-state index in [4.69, 9.17) is 4.74 Å². The lowest BCUT2D eigenvalue weighted by molar-refractivity contribution is -0.147. The summed E-state index contributed by atoms with van der Waals surface area (Å²) in [5.41, 5.74) is 1.92. The van der Waals surface area contributed by atoms with Gasteiger partial charge in [-0.05, 0) is 27.7 Å². The average Bonchev–Trinajstić information content (AvgIpc) is 2.39. The Kier molecular flexibility index (Phi) is 4.81. The molecule has 1 aliphatic rings. The highest BCUT2D eigenvalue weighted by Crippen LogP contribution is 2.27. The summed E-state index contributed by atoms with van der Waals surface area (Å²) in [5.74, 6) is -0.515. The maximum atomic E-state index is 12.2. The Balaban J connectivity index is 2.92. The highest BCUT2D eigenvalue weighted by atomic mass is 16.5. The maximum absolute atomic E-state index is 12.2. The molecule has 0 aromatic rings. The fraction of sp³-hybridized carbons (Fsp3) is 0.533.